The number of anilines is 1. The molecule has 1 amide bonds. The van der Waals surface area contributed by atoms with Crippen LogP contribution in [0.2, 0.25) is 0 Å². The number of pyridine rings is 1. The van der Waals surface area contributed by atoms with E-state index in [-0.39, 0.29) is 5.91 Å². The van der Waals surface area contributed by atoms with E-state index >= 15 is 0 Å². The summed E-state index contributed by atoms with van der Waals surface area (Å²) in [4.78, 5) is 16.0. The molecular formula is C16H27N3O. The topological polar surface area (TPSA) is 54.0 Å². The molecule has 0 aliphatic carbocycles. The third-order valence-corrected chi connectivity index (χ3v) is 3.11. The molecule has 0 aliphatic rings. The molecule has 4 heteroatoms. The van der Waals surface area contributed by atoms with Crippen molar-refractivity contribution in [2.75, 3.05) is 18.4 Å². The fourth-order valence-corrected chi connectivity index (χ4v) is 1.81. The summed E-state index contributed by atoms with van der Waals surface area (Å²) in [6.07, 6.45) is 6.18. The second-order valence-electron chi connectivity index (χ2n) is 5.50. The predicted molar refractivity (Wildman–Crippen MR) is 84.0 cm³/mol. The second kappa shape index (κ2) is 9.34. The Balaban J connectivity index is 2.35. The van der Waals surface area contributed by atoms with Gasteiger partial charge >= 0.3 is 0 Å². The lowest BCUT2D eigenvalue weighted by atomic mass is 10.1. The Labute approximate surface area is 122 Å². The highest BCUT2D eigenvalue weighted by molar-refractivity contribution is 5.92. The van der Waals surface area contributed by atoms with E-state index in [1.54, 1.807) is 12.3 Å². The van der Waals surface area contributed by atoms with Gasteiger partial charge in [-0.05, 0) is 30.9 Å². The molecule has 0 saturated heterocycles. The van der Waals surface area contributed by atoms with Gasteiger partial charge in [0.15, 0.2) is 0 Å². The minimum atomic E-state index is -0.0881. The fourth-order valence-electron chi connectivity index (χ4n) is 1.81. The van der Waals surface area contributed by atoms with E-state index in [1.807, 2.05) is 6.07 Å². The summed E-state index contributed by atoms with van der Waals surface area (Å²) in [5.41, 5.74) is 1.45. The maximum absolute atomic E-state index is 11.8. The molecule has 1 heterocycles. The Bertz CT molecular complexity index is 387. The van der Waals surface area contributed by atoms with Crippen LogP contribution in [0, 0.1) is 5.92 Å². The van der Waals surface area contributed by atoms with E-state index in [2.05, 4.69) is 36.4 Å². The highest BCUT2D eigenvalue weighted by atomic mass is 16.1. The van der Waals surface area contributed by atoms with Crippen LogP contribution in [-0.4, -0.2) is 24.0 Å². The molecule has 0 bridgehead atoms. The van der Waals surface area contributed by atoms with Crippen molar-refractivity contribution in [3.05, 3.63) is 24.0 Å². The molecule has 1 aromatic heterocycles. The van der Waals surface area contributed by atoms with Gasteiger partial charge in [-0.3, -0.25) is 4.79 Å². The molecule has 0 aliphatic heterocycles. The van der Waals surface area contributed by atoms with Crippen LogP contribution in [0.15, 0.2) is 18.3 Å². The van der Waals surface area contributed by atoms with Crippen molar-refractivity contribution < 1.29 is 4.79 Å². The molecule has 0 fully saturated rings. The van der Waals surface area contributed by atoms with Crippen LogP contribution in [0.5, 0.6) is 0 Å². The lowest BCUT2D eigenvalue weighted by molar-refractivity contribution is 0.0948. The van der Waals surface area contributed by atoms with E-state index < -0.39 is 0 Å². The first kappa shape index (κ1) is 16.5. The fraction of sp³-hybridized carbons (Fsp3) is 0.625. The van der Waals surface area contributed by atoms with E-state index in [4.69, 9.17) is 0 Å². The van der Waals surface area contributed by atoms with Gasteiger partial charge in [0, 0.05) is 13.1 Å². The first-order chi connectivity index (χ1) is 9.63. The van der Waals surface area contributed by atoms with Crippen molar-refractivity contribution in [3.8, 4) is 0 Å². The molecule has 0 atom stereocenters. The molecule has 4 nitrogen and oxygen atoms in total. The van der Waals surface area contributed by atoms with Crippen LogP contribution in [0.1, 0.15) is 56.9 Å². The third kappa shape index (κ3) is 6.55. The number of hydrogen-bond acceptors (Lipinski definition) is 3. The SMILES string of the molecule is CCCCCNC(=O)c1ccc(NCCC(C)C)cn1. The van der Waals surface area contributed by atoms with Crippen molar-refractivity contribution in [2.24, 2.45) is 5.92 Å². The zero-order chi connectivity index (χ0) is 14.8. The summed E-state index contributed by atoms with van der Waals surface area (Å²) in [6, 6.07) is 3.68. The number of unbranched alkanes of at least 4 members (excludes halogenated alkanes) is 2. The molecular weight excluding hydrogens is 250 g/mol. The quantitative estimate of drug-likeness (QED) is 0.680. The van der Waals surface area contributed by atoms with Crippen LogP contribution in [0.25, 0.3) is 0 Å². The summed E-state index contributed by atoms with van der Waals surface area (Å²) < 4.78 is 0. The number of carbonyl (C=O) groups is 1. The maximum atomic E-state index is 11.8. The molecule has 0 spiro atoms. The number of rotatable bonds is 9. The van der Waals surface area contributed by atoms with Crippen molar-refractivity contribution in [1.82, 2.24) is 10.3 Å². The molecule has 0 radical (unpaired) electrons. The van der Waals surface area contributed by atoms with Gasteiger partial charge < -0.3 is 10.6 Å². The van der Waals surface area contributed by atoms with Gasteiger partial charge in [0.25, 0.3) is 5.91 Å². The molecule has 1 aromatic rings. The number of amides is 1. The summed E-state index contributed by atoms with van der Waals surface area (Å²) in [5.74, 6) is 0.596. The zero-order valence-electron chi connectivity index (χ0n) is 12.9. The van der Waals surface area contributed by atoms with Crippen LogP contribution >= 0.6 is 0 Å². The summed E-state index contributed by atoms with van der Waals surface area (Å²) in [5, 5.41) is 6.20. The minimum Gasteiger partial charge on any atom is -0.384 e. The van der Waals surface area contributed by atoms with E-state index in [1.165, 1.54) is 0 Å². The Morgan fingerprint density at radius 3 is 2.65 bits per heavy atom. The van der Waals surface area contributed by atoms with Gasteiger partial charge in [0.1, 0.15) is 5.69 Å². The third-order valence-electron chi connectivity index (χ3n) is 3.11. The van der Waals surface area contributed by atoms with Gasteiger partial charge in [-0.25, -0.2) is 4.98 Å². The zero-order valence-corrected chi connectivity index (χ0v) is 12.9. The molecule has 2 N–H and O–H groups in total. The molecule has 0 unspecified atom stereocenters. The van der Waals surface area contributed by atoms with E-state index in [9.17, 15) is 4.79 Å². The van der Waals surface area contributed by atoms with E-state index in [0.29, 0.717) is 11.6 Å². The lowest BCUT2D eigenvalue weighted by Crippen LogP contribution is -2.25. The Morgan fingerprint density at radius 2 is 2.05 bits per heavy atom. The van der Waals surface area contributed by atoms with Gasteiger partial charge in [-0.2, -0.15) is 0 Å². The van der Waals surface area contributed by atoms with Crippen molar-refractivity contribution >= 4 is 11.6 Å². The smallest absolute Gasteiger partial charge is 0.269 e. The highest BCUT2D eigenvalue weighted by Gasteiger charge is 2.06. The Hall–Kier alpha value is -1.58. The number of nitrogens with zero attached hydrogens (tertiary/aromatic N) is 1. The van der Waals surface area contributed by atoms with Crippen molar-refractivity contribution in [2.45, 2.75) is 46.5 Å². The van der Waals surface area contributed by atoms with Crippen molar-refractivity contribution in [1.29, 1.82) is 0 Å². The standard InChI is InChI=1S/C16H27N3O/c1-4-5-6-10-18-16(20)15-8-7-14(12-19-15)17-11-9-13(2)3/h7-8,12-13,17H,4-6,9-11H2,1-3H3,(H,18,20). The van der Waals surface area contributed by atoms with Crippen molar-refractivity contribution in [3.63, 3.8) is 0 Å². The largest absolute Gasteiger partial charge is 0.384 e. The number of aromatic nitrogens is 1. The maximum Gasteiger partial charge on any atom is 0.269 e. The molecule has 112 valence electrons. The summed E-state index contributed by atoms with van der Waals surface area (Å²) in [6.45, 7) is 8.21. The Kier molecular flexibility index (Phi) is 7.70. The molecule has 20 heavy (non-hydrogen) atoms. The lowest BCUT2D eigenvalue weighted by Gasteiger charge is -2.09. The number of nitrogens with one attached hydrogen (secondary N) is 2. The molecule has 0 saturated carbocycles. The molecule has 0 aromatic carbocycles. The summed E-state index contributed by atoms with van der Waals surface area (Å²) in [7, 11) is 0. The van der Waals surface area contributed by atoms with Crippen LogP contribution in [0.4, 0.5) is 5.69 Å². The normalized spacial score (nSPS) is 10.6. The monoisotopic (exact) mass is 277 g/mol. The van der Waals surface area contributed by atoms with Crippen LogP contribution in [0.3, 0.4) is 0 Å². The predicted octanol–water partition coefficient (Wildman–Crippen LogP) is 3.46. The van der Waals surface area contributed by atoms with Gasteiger partial charge in [-0.15, -0.1) is 0 Å². The summed E-state index contributed by atoms with van der Waals surface area (Å²) >= 11 is 0. The highest BCUT2D eigenvalue weighted by Crippen LogP contribution is 2.07. The number of carbonyl (C=O) groups excluding carboxylic acids is 1. The Morgan fingerprint density at radius 1 is 1.25 bits per heavy atom. The minimum absolute atomic E-state index is 0.0881. The number of hydrogen-bond donors (Lipinski definition) is 2. The van der Waals surface area contributed by atoms with Gasteiger partial charge in [-0.1, -0.05) is 33.6 Å². The van der Waals surface area contributed by atoms with E-state index in [0.717, 1.165) is 44.5 Å². The average molecular weight is 277 g/mol. The van der Waals surface area contributed by atoms with Gasteiger partial charge in [0.05, 0.1) is 11.9 Å². The first-order valence-corrected chi connectivity index (χ1v) is 7.61. The van der Waals surface area contributed by atoms with Gasteiger partial charge in [0.2, 0.25) is 0 Å². The van der Waals surface area contributed by atoms with Crippen LogP contribution in [-0.2, 0) is 0 Å². The first-order valence-electron chi connectivity index (χ1n) is 7.61. The molecule has 1 rings (SSSR count). The van der Waals surface area contributed by atoms with Crippen LogP contribution < -0.4 is 10.6 Å². The average Bonchev–Trinajstić information content (AvgIpc) is 2.44. The second-order valence-corrected chi connectivity index (χ2v) is 5.50.